The van der Waals surface area contributed by atoms with Crippen molar-refractivity contribution in [2.75, 3.05) is 13.1 Å². The second-order valence-corrected chi connectivity index (χ2v) is 10.7. The van der Waals surface area contributed by atoms with Crippen LogP contribution in [-0.4, -0.2) is 58.0 Å². The molecule has 38 heavy (non-hydrogen) atoms. The lowest BCUT2D eigenvalue weighted by Crippen LogP contribution is -2.47. The number of halogens is 3. The van der Waals surface area contributed by atoms with E-state index in [4.69, 9.17) is 0 Å². The van der Waals surface area contributed by atoms with E-state index in [0.29, 0.717) is 25.1 Å². The Hall–Kier alpha value is -2.98. The fourth-order valence-corrected chi connectivity index (χ4v) is 5.59. The van der Waals surface area contributed by atoms with Gasteiger partial charge in [-0.15, -0.1) is 0 Å². The normalized spacial score (nSPS) is 26.0. The third kappa shape index (κ3) is 6.53. The zero-order chi connectivity index (χ0) is 27.5. The molecule has 2 atom stereocenters. The van der Waals surface area contributed by atoms with Gasteiger partial charge in [0.2, 0.25) is 5.91 Å². The number of hydrogen-bond acceptors (Lipinski definition) is 5. The number of nitrogens with zero attached hydrogens (tertiary/aromatic N) is 2. The summed E-state index contributed by atoms with van der Waals surface area (Å²) in [7, 11) is 0. The van der Waals surface area contributed by atoms with Gasteiger partial charge < -0.3 is 20.6 Å². The van der Waals surface area contributed by atoms with Crippen LogP contribution in [0.3, 0.4) is 0 Å². The first-order chi connectivity index (χ1) is 18.0. The van der Waals surface area contributed by atoms with Gasteiger partial charge in [0.15, 0.2) is 0 Å². The van der Waals surface area contributed by atoms with Gasteiger partial charge in [0.05, 0.1) is 17.8 Å². The molecule has 4 rings (SSSR count). The summed E-state index contributed by atoms with van der Waals surface area (Å²) >= 11 is 0. The summed E-state index contributed by atoms with van der Waals surface area (Å²) in [6.07, 6.45) is 0.692. The minimum Gasteiger partial charge on any atom is -0.384 e. The molecule has 1 saturated carbocycles. The highest BCUT2D eigenvalue weighted by Crippen LogP contribution is 2.37. The first kappa shape index (κ1) is 28.0. The molecule has 206 valence electrons. The fourth-order valence-electron chi connectivity index (χ4n) is 5.59. The van der Waals surface area contributed by atoms with Gasteiger partial charge in [-0.1, -0.05) is 26.0 Å². The van der Waals surface area contributed by atoms with Crippen molar-refractivity contribution >= 4 is 11.8 Å². The lowest BCUT2D eigenvalue weighted by atomic mass is 9.79. The van der Waals surface area contributed by atoms with Crippen molar-refractivity contribution < 1.29 is 27.9 Å². The average Bonchev–Trinajstić information content (AvgIpc) is 3.33. The minimum atomic E-state index is -4.55. The maximum atomic E-state index is 13.1. The molecule has 0 bridgehead atoms. The van der Waals surface area contributed by atoms with E-state index in [2.05, 4.69) is 15.6 Å². The molecule has 10 heteroatoms. The van der Waals surface area contributed by atoms with Gasteiger partial charge in [0, 0.05) is 36.4 Å². The summed E-state index contributed by atoms with van der Waals surface area (Å²) < 4.78 is 38.9. The number of rotatable bonds is 7. The van der Waals surface area contributed by atoms with E-state index in [1.54, 1.807) is 11.1 Å². The predicted octanol–water partition coefficient (Wildman–Crippen LogP) is 3.88. The highest BCUT2D eigenvalue weighted by atomic mass is 19.4. The molecule has 2 fully saturated rings. The number of carbonyl (C=O) groups is 2. The number of amides is 2. The maximum absolute atomic E-state index is 13.1. The van der Waals surface area contributed by atoms with Crippen molar-refractivity contribution in [2.24, 2.45) is 5.92 Å². The Labute approximate surface area is 220 Å². The summed E-state index contributed by atoms with van der Waals surface area (Å²) in [4.78, 5) is 31.6. The molecule has 2 heterocycles. The predicted molar refractivity (Wildman–Crippen MR) is 136 cm³/mol. The Morgan fingerprint density at radius 2 is 1.87 bits per heavy atom. The number of hydrogen-bond donors (Lipinski definition) is 3. The largest absolute Gasteiger partial charge is 0.416 e. The van der Waals surface area contributed by atoms with Crippen molar-refractivity contribution in [1.29, 1.82) is 0 Å². The van der Waals surface area contributed by atoms with E-state index < -0.39 is 23.2 Å². The van der Waals surface area contributed by atoms with E-state index >= 15 is 0 Å². The number of aliphatic hydroxyl groups is 1. The van der Waals surface area contributed by atoms with E-state index in [0.717, 1.165) is 31.4 Å². The average molecular weight is 533 g/mol. The molecular formula is C28H35F3N4O3. The maximum Gasteiger partial charge on any atom is 0.416 e. The van der Waals surface area contributed by atoms with Crippen LogP contribution in [0.1, 0.15) is 67.6 Å². The number of alkyl halides is 3. The second-order valence-electron chi connectivity index (χ2n) is 10.7. The molecule has 2 amide bonds. The molecule has 7 nitrogen and oxygen atoms in total. The molecule has 3 N–H and O–H groups in total. The van der Waals surface area contributed by atoms with Crippen molar-refractivity contribution in [3.05, 3.63) is 65.5 Å². The van der Waals surface area contributed by atoms with Crippen LogP contribution in [0, 0.1) is 5.92 Å². The topological polar surface area (TPSA) is 94.6 Å². The van der Waals surface area contributed by atoms with Crippen LogP contribution in [0.2, 0.25) is 0 Å². The molecule has 1 aromatic carbocycles. The Kier molecular flexibility index (Phi) is 8.42. The lowest BCUT2D eigenvalue weighted by Gasteiger charge is -2.37. The van der Waals surface area contributed by atoms with Crippen LogP contribution in [-0.2, 0) is 16.6 Å². The van der Waals surface area contributed by atoms with Gasteiger partial charge >= 0.3 is 6.18 Å². The van der Waals surface area contributed by atoms with Gasteiger partial charge in [0.1, 0.15) is 5.60 Å². The number of nitrogens with one attached hydrogen (secondary N) is 2. The first-order valence-corrected chi connectivity index (χ1v) is 13.1. The molecule has 0 radical (unpaired) electrons. The van der Waals surface area contributed by atoms with Gasteiger partial charge in [-0.3, -0.25) is 14.6 Å². The number of pyridine rings is 1. The molecule has 1 aliphatic carbocycles. The third-order valence-electron chi connectivity index (χ3n) is 7.71. The van der Waals surface area contributed by atoms with Gasteiger partial charge in [0.25, 0.3) is 5.91 Å². The number of benzene rings is 1. The van der Waals surface area contributed by atoms with Crippen LogP contribution in [0.4, 0.5) is 13.2 Å². The van der Waals surface area contributed by atoms with Crippen molar-refractivity contribution in [3.63, 3.8) is 0 Å². The molecular weight excluding hydrogens is 497 g/mol. The highest BCUT2D eigenvalue weighted by molar-refractivity contribution is 5.96. The summed E-state index contributed by atoms with van der Waals surface area (Å²) in [5, 5.41) is 17.2. The van der Waals surface area contributed by atoms with Crippen LogP contribution in [0.5, 0.6) is 0 Å². The van der Waals surface area contributed by atoms with Crippen LogP contribution in [0.25, 0.3) is 0 Å². The number of carbonyl (C=O) groups excluding carboxylic acids is 2. The summed E-state index contributed by atoms with van der Waals surface area (Å²) in [5.74, 6) is -0.783. The van der Waals surface area contributed by atoms with E-state index in [1.807, 2.05) is 32.0 Å². The molecule has 2 aliphatic rings. The van der Waals surface area contributed by atoms with Crippen molar-refractivity contribution in [1.82, 2.24) is 20.5 Å². The van der Waals surface area contributed by atoms with Crippen molar-refractivity contribution in [2.45, 2.75) is 75.9 Å². The number of likely N-dealkylation sites (tertiary alicyclic amines) is 1. The SMILES string of the molecule is CC(C)C1C[C@H](NC2CCC(O)(c3ccccn3)CC2)CN1C(=O)CNC(=O)c1cccc(C(F)(F)F)c1. The monoisotopic (exact) mass is 532 g/mol. The van der Waals surface area contributed by atoms with Gasteiger partial charge in [-0.2, -0.15) is 13.2 Å². The standard InChI is InChI=1S/C28H35F3N4O3/c1-18(2)23-15-22(34-21-9-11-27(38,12-10-21)24-8-3-4-13-32-24)17-35(23)25(36)16-33-26(37)19-6-5-7-20(14-19)28(29,30)31/h3-8,13-14,18,21-23,34,38H,9-12,15-17H2,1-2H3,(H,33,37)/t21?,22-,23?,27?/m0/s1. The van der Waals surface area contributed by atoms with Gasteiger partial charge in [-0.25, -0.2) is 0 Å². The van der Waals surface area contributed by atoms with E-state index in [9.17, 15) is 27.9 Å². The Bertz CT molecular complexity index is 1120. The van der Waals surface area contributed by atoms with Crippen molar-refractivity contribution in [3.8, 4) is 0 Å². The van der Waals surface area contributed by atoms with E-state index in [-0.39, 0.29) is 42.1 Å². The fraction of sp³-hybridized carbons (Fsp3) is 0.536. The Morgan fingerprint density at radius 3 is 2.50 bits per heavy atom. The quantitative estimate of drug-likeness (QED) is 0.503. The molecule has 1 saturated heterocycles. The number of aromatic nitrogens is 1. The van der Waals surface area contributed by atoms with Gasteiger partial charge in [-0.05, 0) is 68.4 Å². The zero-order valence-corrected chi connectivity index (χ0v) is 21.7. The molecule has 1 unspecified atom stereocenters. The van der Waals surface area contributed by atoms with E-state index in [1.165, 1.54) is 12.1 Å². The Balaban J connectivity index is 1.31. The smallest absolute Gasteiger partial charge is 0.384 e. The first-order valence-electron chi connectivity index (χ1n) is 13.1. The minimum absolute atomic E-state index is 0.0144. The summed E-state index contributed by atoms with van der Waals surface area (Å²) in [6.45, 7) is 4.29. The molecule has 0 spiro atoms. The molecule has 1 aliphatic heterocycles. The summed E-state index contributed by atoms with van der Waals surface area (Å²) in [6, 6.07) is 9.99. The zero-order valence-electron chi connectivity index (χ0n) is 21.7. The second kappa shape index (κ2) is 11.4. The third-order valence-corrected chi connectivity index (χ3v) is 7.71. The Morgan fingerprint density at radius 1 is 1.13 bits per heavy atom. The molecule has 2 aromatic rings. The van der Waals surface area contributed by atoms with Crippen LogP contribution < -0.4 is 10.6 Å². The van der Waals surface area contributed by atoms with Crippen LogP contribution >= 0.6 is 0 Å². The van der Waals surface area contributed by atoms with Crippen LogP contribution in [0.15, 0.2) is 48.7 Å². The lowest BCUT2D eigenvalue weighted by molar-refractivity contribution is -0.137. The highest BCUT2D eigenvalue weighted by Gasteiger charge is 2.40. The molecule has 1 aromatic heterocycles. The summed E-state index contributed by atoms with van der Waals surface area (Å²) in [5.41, 5.74) is -1.28.